The topological polar surface area (TPSA) is 95.0 Å². The second-order valence-electron chi connectivity index (χ2n) is 7.88. The van der Waals surface area contributed by atoms with Gasteiger partial charge in [-0.3, -0.25) is 13.9 Å². The van der Waals surface area contributed by atoms with Gasteiger partial charge in [-0.2, -0.15) is 0 Å². The Kier molecular flexibility index (Phi) is 5.16. The van der Waals surface area contributed by atoms with E-state index in [-0.39, 0.29) is 22.7 Å². The Bertz CT molecular complexity index is 993. The lowest BCUT2D eigenvalue weighted by atomic mass is 9.97. The summed E-state index contributed by atoms with van der Waals surface area (Å²) in [4.78, 5) is 29.0. The van der Waals surface area contributed by atoms with Crippen LogP contribution in [0.5, 0.6) is 0 Å². The minimum Gasteiger partial charge on any atom is -0.364 e. The number of nitrogens with zero attached hydrogens (tertiary/aromatic N) is 4. The third-order valence-electron chi connectivity index (χ3n) is 4.24. The molecule has 0 aliphatic carbocycles. The van der Waals surface area contributed by atoms with E-state index in [1.165, 1.54) is 12.3 Å². The number of hydrogen-bond donors (Lipinski definition) is 1. The zero-order chi connectivity index (χ0) is 19.6. The SMILES string of the molecule is Cn1c(=O)n(CC(C)(C)C)c2ccc(CCCNC(=O)c3ccon3)nc21. The maximum absolute atomic E-state index is 12.5. The molecule has 0 aliphatic rings. The molecule has 0 radical (unpaired) electrons. The zero-order valence-electron chi connectivity index (χ0n) is 16.2. The third kappa shape index (κ3) is 4.27. The maximum Gasteiger partial charge on any atom is 0.330 e. The molecule has 0 spiro atoms. The minimum atomic E-state index is -0.256. The minimum absolute atomic E-state index is 0.00116. The van der Waals surface area contributed by atoms with Gasteiger partial charge in [0.1, 0.15) is 6.26 Å². The van der Waals surface area contributed by atoms with Crippen LogP contribution in [0.15, 0.2) is 33.8 Å². The number of aromatic nitrogens is 4. The standard InChI is InChI=1S/C19H25N5O3/c1-19(2,3)12-24-15-8-7-13(21-16(15)23(4)18(24)26)6-5-10-20-17(25)14-9-11-27-22-14/h7-9,11H,5-6,10,12H2,1-4H3,(H,20,25). The quantitative estimate of drug-likeness (QED) is 0.670. The Labute approximate surface area is 157 Å². The van der Waals surface area contributed by atoms with Crippen LogP contribution in [0, 0.1) is 5.41 Å². The summed E-state index contributed by atoms with van der Waals surface area (Å²) in [7, 11) is 1.75. The van der Waals surface area contributed by atoms with Gasteiger partial charge >= 0.3 is 5.69 Å². The first-order chi connectivity index (χ1) is 12.8. The molecular weight excluding hydrogens is 346 g/mol. The Balaban J connectivity index is 1.67. The predicted molar refractivity (Wildman–Crippen MR) is 102 cm³/mol. The Morgan fingerprint density at radius 2 is 2.04 bits per heavy atom. The Hall–Kier alpha value is -2.90. The van der Waals surface area contributed by atoms with Gasteiger partial charge < -0.3 is 9.84 Å². The summed E-state index contributed by atoms with van der Waals surface area (Å²) in [6.07, 6.45) is 2.80. The molecule has 3 rings (SSSR count). The molecular formula is C19H25N5O3. The fourth-order valence-electron chi connectivity index (χ4n) is 2.97. The fraction of sp³-hybridized carbons (Fsp3) is 0.474. The lowest BCUT2D eigenvalue weighted by Crippen LogP contribution is -2.27. The highest BCUT2D eigenvalue weighted by molar-refractivity contribution is 5.91. The van der Waals surface area contributed by atoms with Crippen LogP contribution in [0.3, 0.4) is 0 Å². The number of nitrogens with one attached hydrogen (secondary N) is 1. The lowest BCUT2D eigenvalue weighted by molar-refractivity contribution is 0.0944. The van der Waals surface area contributed by atoms with Gasteiger partial charge in [0.25, 0.3) is 5.91 Å². The molecule has 0 saturated carbocycles. The summed E-state index contributed by atoms with van der Waals surface area (Å²) in [5.74, 6) is -0.256. The highest BCUT2D eigenvalue weighted by Crippen LogP contribution is 2.19. The van der Waals surface area contributed by atoms with Crippen LogP contribution < -0.4 is 11.0 Å². The first kappa shape index (κ1) is 18.9. The lowest BCUT2D eigenvalue weighted by Gasteiger charge is -2.18. The molecule has 144 valence electrons. The van der Waals surface area contributed by atoms with Crippen molar-refractivity contribution in [1.29, 1.82) is 0 Å². The van der Waals surface area contributed by atoms with E-state index in [1.807, 2.05) is 12.1 Å². The Morgan fingerprint density at radius 1 is 1.26 bits per heavy atom. The molecule has 0 aliphatic heterocycles. The predicted octanol–water partition coefficient (Wildman–Crippen LogP) is 2.13. The van der Waals surface area contributed by atoms with Crippen LogP contribution in [-0.4, -0.2) is 31.7 Å². The summed E-state index contributed by atoms with van der Waals surface area (Å²) in [6.45, 7) is 7.46. The van der Waals surface area contributed by atoms with Crippen LogP contribution >= 0.6 is 0 Å². The van der Waals surface area contributed by atoms with E-state index < -0.39 is 0 Å². The van der Waals surface area contributed by atoms with Crippen LogP contribution in [0.1, 0.15) is 43.4 Å². The third-order valence-corrected chi connectivity index (χ3v) is 4.24. The number of rotatable bonds is 6. The van der Waals surface area contributed by atoms with Gasteiger partial charge in [0, 0.05) is 31.9 Å². The number of hydrogen-bond acceptors (Lipinski definition) is 5. The number of carbonyl (C=O) groups is 1. The van der Waals surface area contributed by atoms with E-state index in [2.05, 4.69) is 40.8 Å². The summed E-state index contributed by atoms with van der Waals surface area (Å²) in [5, 5.41) is 6.39. The van der Waals surface area contributed by atoms with Crippen molar-refractivity contribution in [2.45, 2.75) is 40.2 Å². The van der Waals surface area contributed by atoms with E-state index in [1.54, 1.807) is 16.2 Å². The van der Waals surface area contributed by atoms with E-state index in [4.69, 9.17) is 0 Å². The van der Waals surface area contributed by atoms with E-state index in [0.29, 0.717) is 25.2 Å². The molecule has 0 atom stereocenters. The fourth-order valence-corrected chi connectivity index (χ4v) is 2.97. The highest BCUT2D eigenvalue weighted by Gasteiger charge is 2.18. The molecule has 1 N–H and O–H groups in total. The molecule has 8 heteroatoms. The van der Waals surface area contributed by atoms with Crippen molar-refractivity contribution in [2.75, 3.05) is 6.54 Å². The number of pyridine rings is 1. The normalized spacial score (nSPS) is 11.9. The zero-order valence-corrected chi connectivity index (χ0v) is 16.2. The Morgan fingerprint density at radius 3 is 2.70 bits per heavy atom. The monoisotopic (exact) mass is 371 g/mol. The van der Waals surface area contributed by atoms with Gasteiger partial charge in [-0.1, -0.05) is 25.9 Å². The largest absolute Gasteiger partial charge is 0.364 e. The smallest absolute Gasteiger partial charge is 0.330 e. The van der Waals surface area contributed by atoms with Gasteiger partial charge in [-0.05, 0) is 30.4 Å². The van der Waals surface area contributed by atoms with Crippen LogP contribution in [0.25, 0.3) is 11.2 Å². The molecule has 3 aromatic rings. The van der Waals surface area contributed by atoms with Gasteiger partial charge in [0.15, 0.2) is 11.3 Å². The first-order valence-electron chi connectivity index (χ1n) is 9.00. The molecule has 0 fully saturated rings. The summed E-state index contributed by atoms with van der Waals surface area (Å²) in [6, 6.07) is 5.42. The number of imidazole rings is 1. The van der Waals surface area contributed by atoms with Crippen molar-refractivity contribution >= 4 is 17.1 Å². The summed E-state index contributed by atoms with van der Waals surface area (Å²) >= 11 is 0. The second-order valence-corrected chi connectivity index (χ2v) is 7.88. The van der Waals surface area contributed by atoms with Crippen molar-refractivity contribution in [2.24, 2.45) is 12.5 Å². The molecule has 0 aromatic carbocycles. The number of amides is 1. The molecule has 8 nitrogen and oxygen atoms in total. The molecule has 3 aromatic heterocycles. The van der Waals surface area contributed by atoms with Crippen molar-refractivity contribution in [3.63, 3.8) is 0 Å². The van der Waals surface area contributed by atoms with Crippen molar-refractivity contribution in [3.8, 4) is 0 Å². The molecule has 0 saturated heterocycles. The number of fused-ring (bicyclic) bond motifs is 1. The molecule has 3 heterocycles. The highest BCUT2D eigenvalue weighted by atomic mass is 16.5. The van der Waals surface area contributed by atoms with Crippen LogP contribution in [0.2, 0.25) is 0 Å². The first-order valence-corrected chi connectivity index (χ1v) is 9.00. The van der Waals surface area contributed by atoms with Gasteiger partial charge in [0.05, 0.1) is 5.52 Å². The number of aryl methyl sites for hydroxylation is 2. The molecule has 0 unspecified atom stereocenters. The maximum atomic E-state index is 12.5. The number of carbonyl (C=O) groups excluding carboxylic acids is 1. The molecule has 0 bridgehead atoms. The average molecular weight is 371 g/mol. The molecule has 1 amide bonds. The molecule has 27 heavy (non-hydrogen) atoms. The second kappa shape index (κ2) is 7.38. The van der Waals surface area contributed by atoms with Crippen molar-refractivity contribution in [3.05, 3.63) is 46.3 Å². The van der Waals surface area contributed by atoms with Gasteiger partial charge in [0.2, 0.25) is 0 Å². The van der Waals surface area contributed by atoms with Crippen LogP contribution in [0.4, 0.5) is 0 Å². The summed E-state index contributed by atoms with van der Waals surface area (Å²) < 4.78 is 8.03. The van der Waals surface area contributed by atoms with Crippen molar-refractivity contribution in [1.82, 2.24) is 24.6 Å². The van der Waals surface area contributed by atoms with E-state index >= 15 is 0 Å². The average Bonchev–Trinajstić information content (AvgIpc) is 3.22. The van der Waals surface area contributed by atoms with Gasteiger partial charge in [-0.25, -0.2) is 9.78 Å². The summed E-state index contributed by atoms with van der Waals surface area (Å²) in [5.41, 5.74) is 2.64. The van der Waals surface area contributed by atoms with Crippen molar-refractivity contribution < 1.29 is 9.32 Å². The van der Waals surface area contributed by atoms with Gasteiger partial charge in [-0.15, -0.1) is 0 Å². The van der Waals surface area contributed by atoms with Crippen LogP contribution in [-0.2, 0) is 20.0 Å². The van der Waals surface area contributed by atoms with E-state index in [9.17, 15) is 9.59 Å². The van der Waals surface area contributed by atoms with E-state index in [0.717, 1.165) is 17.6 Å².